The molecule has 2 rings (SSSR count). The average Bonchev–Trinajstić information content (AvgIpc) is 2.65. The van der Waals surface area contributed by atoms with Crippen molar-refractivity contribution in [2.24, 2.45) is 0 Å². The minimum absolute atomic E-state index is 0.0422. The Morgan fingerprint density at radius 3 is 2.44 bits per heavy atom. The highest BCUT2D eigenvalue weighted by Gasteiger charge is 2.15. The van der Waals surface area contributed by atoms with Gasteiger partial charge in [-0.1, -0.05) is 30.3 Å². The van der Waals surface area contributed by atoms with Crippen molar-refractivity contribution in [1.29, 1.82) is 0 Å². The Morgan fingerprint density at radius 1 is 1.04 bits per heavy atom. The molecule has 7 heteroatoms. The van der Waals surface area contributed by atoms with E-state index in [0.717, 1.165) is 5.56 Å². The van der Waals surface area contributed by atoms with E-state index in [1.165, 1.54) is 19.1 Å². The first-order valence-electron chi connectivity index (χ1n) is 8.57. The Hall–Kier alpha value is -3.22. The number of carbonyl (C=O) groups excluding carboxylic acids is 3. The van der Waals surface area contributed by atoms with Crippen molar-refractivity contribution >= 4 is 23.4 Å². The standard InChI is InChI=1S/C20H22FN3O3/c1-3-24(14(2)25)13-15-7-6-9-17(11-15)23-20(27)19(26)22-12-16-8-4-5-10-18(16)21/h4-11H,3,12-13H2,1-2H3,(H,22,26)(H,23,27). The summed E-state index contributed by atoms with van der Waals surface area (Å²) in [5.74, 6) is -2.19. The molecule has 0 bridgehead atoms. The van der Waals surface area contributed by atoms with Gasteiger partial charge in [-0.15, -0.1) is 0 Å². The van der Waals surface area contributed by atoms with Crippen LogP contribution in [0.2, 0.25) is 0 Å². The van der Waals surface area contributed by atoms with Crippen molar-refractivity contribution in [1.82, 2.24) is 10.2 Å². The number of rotatable bonds is 6. The molecule has 0 saturated carbocycles. The van der Waals surface area contributed by atoms with Gasteiger partial charge in [0.1, 0.15) is 5.82 Å². The van der Waals surface area contributed by atoms with Crippen LogP contribution >= 0.6 is 0 Å². The summed E-state index contributed by atoms with van der Waals surface area (Å²) in [6, 6.07) is 12.9. The summed E-state index contributed by atoms with van der Waals surface area (Å²) in [6.45, 7) is 4.28. The number of nitrogens with zero attached hydrogens (tertiary/aromatic N) is 1. The number of carbonyl (C=O) groups is 3. The van der Waals surface area contributed by atoms with Crippen LogP contribution < -0.4 is 10.6 Å². The molecule has 0 aromatic heterocycles. The van der Waals surface area contributed by atoms with Gasteiger partial charge in [0.2, 0.25) is 5.91 Å². The first-order chi connectivity index (χ1) is 12.9. The molecular formula is C20H22FN3O3. The molecule has 0 aliphatic heterocycles. The summed E-state index contributed by atoms with van der Waals surface area (Å²) in [5.41, 5.74) is 1.57. The van der Waals surface area contributed by atoms with E-state index in [2.05, 4.69) is 10.6 Å². The zero-order chi connectivity index (χ0) is 19.8. The van der Waals surface area contributed by atoms with Crippen molar-refractivity contribution in [3.8, 4) is 0 Å². The molecule has 0 radical (unpaired) electrons. The highest BCUT2D eigenvalue weighted by molar-refractivity contribution is 6.39. The fourth-order valence-corrected chi connectivity index (χ4v) is 2.50. The second-order valence-electron chi connectivity index (χ2n) is 5.96. The summed E-state index contributed by atoms with van der Waals surface area (Å²) in [6.07, 6.45) is 0. The van der Waals surface area contributed by atoms with Gasteiger partial charge in [-0.25, -0.2) is 4.39 Å². The second-order valence-corrected chi connectivity index (χ2v) is 5.96. The van der Waals surface area contributed by atoms with Crippen LogP contribution in [0.5, 0.6) is 0 Å². The van der Waals surface area contributed by atoms with Crippen molar-refractivity contribution in [2.45, 2.75) is 26.9 Å². The Morgan fingerprint density at radius 2 is 1.78 bits per heavy atom. The summed E-state index contributed by atoms with van der Waals surface area (Å²) >= 11 is 0. The number of hydrogen-bond donors (Lipinski definition) is 2. The minimum Gasteiger partial charge on any atom is -0.344 e. The molecule has 0 unspecified atom stereocenters. The van der Waals surface area contributed by atoms with Gasteiger partial charge in [0.25, 0.3) is 0 Å². The van der Waals surface area contributed by atoms with Gasteiger partial charge < -0.3 is 15.5 Å². The summed E-state index contributed by atoms with van der Waals surface area (Å²) in [4.78, 5) is 37.1. The molecule has 142 valence electrons. The Kier molecular flexibility index (Phi) is 7.05. The normalized spacial score (nSPS) is 10.2. The van der Waals surface area contributed by atoms with Crippen LogP contribution in [0.25, 0.3) is 0 Å². The van der Waals surface area contributed by atoms with E-state index >= 15 is 0 Å². The van der Waals surface area contributed by atoms with E-state index in [9.17, 15) is 18.8 Å². The van der Waals surface area contributed by atoms with Gasteiger partial charge >= 0.3 is 11.8 Å². The van der Waals surface area contributed by atoms with E-state index in [4.69, 9.17) is 0 Å². The lowest BCUT2D eigenvalue weighted by Gasteiger charge is -2.19. The molecule has 3 amide bonds. The Balaban J connectivity index is 1.94. The molecule has 0 heterocycles. The SMILES string of the molecule is CCN(Cc1cccc(NC(=O)C(=O)NCc2ccccc2F)c1)C(C)=O. The van der Waals surface area contributed by atoms with E-state index < -0.39 is 17.6 Å². The molecule has 0 saturated heterocycles. The number of amides is 3. The molecule has 27 heavy (non-hydrogen) atoms. The Bertz CT molecular complexity index is 839. The van der Waals surface area contributed by atoms with E-state index in [0.29, 0.717) is 24.3 Å². The van der Waals surface area contributed by atoms with Crippen molar-refractivity contribution in [3.63, 3.8) is 0 Å². The maximum Gasteiger partial charge on any atom is 0.313 e. The van der Waals surface area contributed by atoms with Crippen LogP contribution in [0.15, 0.2) is 48.5 Å². The minimum atomic E-state index is -0.859. The monoisotopic (exact) mass is 371 g/mol. The molecule has 6 nitrogen and oxygen atoms in total. The fraction of sp³-hybridized carbons (Fsp3) is 0.250. The molecular weight excluding hydrogens is 349 g/mol. The maximum absolute atomic E-state index is 13.5. The van der Waals surface area contributed by atoms with E-state index in [1.807, 2.05) is 13.0 Å². The van der Waals surface area contributed by atoms with E-state index in [-0.39, 0.29) is 12.5 Å². The topological polar surface area (TPSA) is 78.5 Å². The predicted octanol–water partition coefficient (Wildman–Crippen LogP) is 2.45. The molecule has 0 aliphatic carbocycles. The van der Waals surface area contributed by atoms with Crippen LogP contribution in [0.3, 0.4) is 0 Å². The van der Waals surface area contributed by atoms with Gasteiger partial charge in [0, 0.05) is 37.8 Å². The first-order valence-corrected chi connectivity index (χ1v) is 8.57. The second kappa shape index (κ2) is 9.47. The third-order valence-electron chi connectivity index (χ3n) is 3.99. The molecule has 2 aromatic rings. The summed E-state index contributed by atoms with van der Waals surface area (Å²) < 4.78 is 13.5. The van der Waals surface area contributed by atoms with Gasteiger partial charge in [-0.3, -0.25) is 14.4 Å². The number of halogens is 1. The Labute approximate surface area is 157 Å². The molecule has 0 aliphatic rings. The summed E-state index contributed by atoms with van der Waals surface area (Å²) in [7, 11) is 0. The average molecular weight is 371 g/mol. The lowest BCUT2D eigenvalue weighted by atomic mass is 10.2. The third kappa shape index (κ3) is 5.91. The van der Waals surface area contributed by atoms with Crippen LogP contribution in [0.1, 0.15) is 25.0 Å². The van der Waals surface area contributed by atoms with Crippen LogP contribution in [0, 0.1) is 5.82 Å². The first kappa shape index (κ1) is 20.1. The van der Waals surface area contributed by atoms with Crippen molar-refractivity contribution < 1.29 is 18.8 Å². The molecule has 0 atom stereocenters. The molecule has 0 fully saturated rings. The smallest absolute Gasteiger partial charge is 0.313 e. The highest BCUT2D eigenvalue weighted by Crippen LogP contribution is 2.13. The molecule has 2 aromatic carbocycles. The molecule has 2 N–H and O–H groups in total. The van der Waals surface area contributed by atoms with Crippen LogP contribution in [0.4, 0.5) is 10.1 Å². The summed E-state index contributed by atoms with van der Waals surface area (Å²) in [5, 5.41) is 4.89. The number of hydrogen-bond acceptors (Lipinski definition) is 3. The van der Waals surface area contributed by atoms with Gasteiger partial charge in [-0.05, 0) is 30.7 Å². The molecule has 0 spiro atoms. The predicted molar refractivity (Wildman–Crippen MR) is 100 cm³/mol. The maximum atomic E-state index is 13.5. The lowest BCUT2D eigenvalue weighted by Crippen LogP contribution is -2.35. The van der Waals surface area contributed by atoms with Gasteiger partial charge in [0.15, 0.2) is 0 Å². The quantitative estimate of drug-likeness (QED) is 0.766. The van der Waals surface area contributed by atoms with Crippen molar-refractivity contribution in [2.75, 3.05) is 11.9 Å². The third-order valence-corrected chi connectivity index (χ3v) is 3.99. The number of anilines is 1. The fourth-order valence-electron chi connectivity index (χ4n) is 2.50. The van der Waals surface area contributed by atoms with Crippen molar-refractivity contribution in [3.05, 3.63) is 65.5 Å². The van der Waals surface area contributed by atoms with E-state index in [1.54, 1.807) is 35.2 Å². The van der Waals surface area contributed by atoms with Gasteiger partial charge in [-0.2, -0.15) is 0 Å². The largest absolute Gasteiger partial charge is 0.344 e. The zero-order valence-corrected chi connectivity index (χ0v) is 15.3. The number of benzene rings is 2. The van der Waals surface area contributed by atoms with Gasteiger partial charge in [0.05, 0.1) is 0 Å². The highest BCUT2D eigenvalue weighted by atomic mass is 19.1. The zero-order valence-electron chi connectivity index (χ0n) is 15.3. The number of nitrogens with one attached hydrogen (secondary N) is 2. The van der Waals surface area contributed by atoms with Crippen LogP contribution in [-0.2, 0) is 27.5 Å². The lowest BCUT2D eigenvalue weighted by molar-refractivity contribution is -0.136. The van der Waals surface area contributed by atoms with Crippen LogP contribution in [-0.4, -0.2) is 29.2 Å².